The van der Waals surface area contributed by atoms with Gasteiger partial charge in [-0.1, -0.05) is 11.2 Å². The number of anilines is 1. The number of nitrogens with one attached hydrogen (secondary N) is 1. The van der Waals surface area contributed by atoms with Gasteiger partial charge >= 0.3 is 0 Å². The SMILES string of the molecule is COc1cccc(NC(=O)CN2CCN(Cc3cc(C)on3)CC2)c1. The van der Waals surface area contributed by atoms with Crippen LogP contribution >= 0.6 is 0 Å². The third-order valence-electron chi connectivity index (χ3n) is 4.25. The molecule has 1 saturated heterocycles. The first-order valence-corrected chi connectivity index (χ1v) is 8.43. The van der Waals surface area contributed by atoms with Crippen molar-refractivity contribution in [1.29, 1.82) is 0 Å². The summed E-state index contributed by atoms with van der Waals surface area (Å²) < 4.78 is 10.3. The average molecular weight is 344 g/mol. The van der Waals surface area contributed by atoms with E-state index >= 15 is 0 Å². The zero-order chi connectivity index (χ0) is 17.6. The summed E-state index contributed by atoms with van der Waals surface area (Å²) in [5.74, 6) is 1.56. The van der Waals surface area contributed by atoms with Gasteiger partial charge in [0.25, 0.3) is 0 Å². The van der Waals surface area contributed by atoms with Crippen molar-refractivity contribution in [3.63, 3.8) is 0 Å². The van der Waals surface area contributed by atoms with Crippen LogP contribution < -0.4 is 10.1 Å². The maximum Gasteiger partial charge on any atom is 0.238 e. The van der Waals surface area contributed by atoms with E-state index in [1.54, 1.807) is 7.11 Å². The molecule has 0 spiro atoms. The number of aromatic nitrogens is 1. The highest BCUT2D eigenvalue weighted by atomic mass is 16.5. The van der Waals surface area contributed by atoms with Crippen molar-refractivity contribution >= 4 is 11.6 Å². The second-order valence-corrected chi connectivity index (χ2v) is 6.26. The van der Waals surface area contributed by atoms with Gasteiger partial charge in [-0.3, -0.25) is 14.6 Å². The number of benzene rings is 1. The Morgan fingerprint density at radius 2 is 2.00 bits per heavy atom. The lowest BCUT2D eigenvalue weighted by Gasteiger charge is -2.33. The first-order chi connectivity index (χ1) is 12.1. The van der Waals surface area contributed by atoms with Gasteiger partial charge in [0.2, 0.25) is 5.91 Å². The van der Waals surface area contributed by atoms with Crippen molar-refractivity contribution in [1.82, 2.24) is 15.0 Å². The number of rotatable bonds is 6. The van der Waals surface area contributed by atoms with Gasteiger partial charge in [0, 0.05) is 50.5 Å². The van der Waals surface area contributed by atoms with E-state index in [-0.39, 0.29) is 5.91 Å². The van der Waals surface area contributed by atoms with E-state index in [9.17, 15) is 4.79 Å². The van der Waals surface area contributed by atoms with Crippen LogP contribution in [0.1, 0.15) is 11.5 Å². The van der Waals surface area contributed by atoms with Crippen LogP contribution in [0.3, 0.4) is 0 Å². The van der Waals surface area contributed by atoms with Crippen LogP contribution in [0.5, 0.6) is 5.75 Å². The monoisotopic (exact) mass is 344 g/mol. The van der Waals surface area contributed by atoms with Crippen molar-refractivity contribution in [3.8, 4) is 5.75 Å². The minimum atomic E-state index is -0.00571. The maximum atomic E-state index is 12.2. The first-order valence-electron chi connectivity index (χ1n) is 8.43. The van der Waals surface area contributed by atoms with E-state index in [0.717, 1.165) is 55.6 Å². The Hall–Kier alpha value is -2.38. The Morgan fingerprint density at radius 1 is 1.24 bits per heavy atom. The number of methoxy groups -OCH3 is 1. The first kappa shape index (κ1) is 17.4. The standard InChI is InChI=1S/C18H24N4O3/c1-14-10-16(20-25-14)12-21-6-8-22(9-7-21)13-18(23)19-15-4-3-5-17(11-15)24-2/h3-5,10-11H,6-9,12-13H2,1-2H3,(H,19,23). The fourth-order valence-corrected chi connectivity index (χ4v) is 2.93. The summed E-state index contributed by atoms with van der Waals surface area (Å²) in [6, 6.07) is 9.35. The van der Waals surface area contributed by atoms with E-state index in [0.29, 0.717) is 6.54 Å². The predicted octanol–water partition coefficient (Wildman–Crippen LogP) is 1.75. The molecule has 134 valence electrons. The number of piperazine rings is 1. The van der Waals surface area contributed by atoms with Crippen LogP contribution in [-0.2, 0) is 11.3 Å². The molecular formula is C18H24N4O3. The highest BCUT2D eigenvalue weighted by molar-refractivity contribution is 5.92. The Balaban J connectivity index is 1.42. The number of ether oxygens (including phenoxy) is 1. The van der Waals surface area contributed by atoms with Gasteiger partial charge in [-0.25, -0.2) is 0 Å². The Kier molecular flexibility index (Phi) is 5.67. The van der Waals surface area contributed by atoms with Crippen LogP contribution in [0, 0.1) is 6.92 Å². The second kappa shape index (κ2) is 8.13. The maximum absolute atomic E-state index is 12.2. The summed E-state index contributed by atoms with van der Waals surface area (Å²) in [6.45, 7) is 6.64. The number of hydrogen-bond donors (Lipinski definition) is 1. The predicted molar refractivity (Wildman–Crippen MR) is 94.6 cm³/mol. The molecule has 0 saturated carbocycles. The van der Waals surface area contributed by atoms with Crippen molar-refractivity contribution in [2.75, 3.05) is 45.2 Å². The highest BCUT2D eigenvalue weighted by Gasteiger charge is 2.20. The smallest absolute Gasteiger partial charge is 0.238 e. The number of aryl methyl sites for hydroxylation is 1. The minimum Gasteiger partial charge on any atom is -0.497 e. The molecule has 0 bridgehead atoms. The van der Waals surface area contributed by atoms with E-state index in [2.05, 4.69) is 20.3 Å². The lowest BCUT2D eigenvalue weighted by atomic mass is 10.2. The fourth-order valence-electron chi connectivity index (χ4n) is 2.93. The number of amides is 1. The van der Waals surface area contributed by atoms with Gasteiger partial charge in [-0.15, -0.1) is 0 Å². The topological polar surface area (TPSA) is 70.8 Å². The van der Waals surface area contributed by atoms with Gasteiger partial charge in [-0.2, -0.15) is 0 Å². The summed E-state index contributed by atoms with van der Waals surface area (Å²) in [5.41, 5.74) is 1.71. The second-order valence-electron chi connectivity index (χ2n) is 6.26. The van der Waals surface area contributed by atoms with Crippen molar-refractivity contribution in [2.45, 2.75) is 13.5 Å². The zero-order valence-corrected chi connectivity index (χ0v) is 14.7. The lowest BCUT2D eigenvalue weighted by molar-refractivity contribution is -0.117. The highest BCUT2D eigenvalue weighted by Crippen LogP contribution is 2.16. The van der Waals surface area contributed by atoms with E-state index in [1.807, 2.05) is 37.3 Å². The number of carbonyl (C=O) groups excluding carboxylic acids is 1. The summed E-state index contributed by atoms with van der Waals surface area (Å²) in [6.07, 6.45) is 0. The molecule has 2 aromatic rings. The van der Waals surface area contributed by atoms with Gasteiger partial charge < -0.3 is 14.6 Å². The molecular weight excluding hydrogens is 320 g/mol. The molecule has 1 aliphatic rings. The minimum absolute atomic E-state index is 0.00571. The molecule has 1 N–H and O–H groups in total. The lowest BCUT2D eigenvalue weighted by Crippen LogP contribution is -2.48. The summed E-state index contributed by atoms with van der Waals surface area (Å²) in [7, 11) is 1.61. The quantitative estimate of drug-likeness (QED) is 0.861. The van der Waals surface area contributed by atoms with Crippen LogP contribution in [-0.4, -0.2) is 60.7 Å². The van der Waals surface area contributed by atoms with Crippen molar-refractivity contribution < 1.29 is 14.1 Å². The van der Waals surface area contributed by atoms with E-state index in [4.69, 9.17) is 9.26 Å². The molecule has 7 heteroatoms. The van der Waals surface area contributed by atoms with Gasteiger partial charge in [0.1, 0.15) is 11.5 Å². The van der Waals surface area contributed by atoms with E-state index < -0.39 is 0 Å². The normalized spacial score (nSPS) is 15.9. The Morgan fingerprint density at radius 3 is 2.68 bits per heavy atom. The van der Waals surface area contributed by atoms with Crippen LogP contribution in [0.25, 0.3) is 0 Å². The third kappa shape index (κ3) is 5.04. The molecule has 2 heterocycles. The van der Waals surface area contributed by atoms with E-state index in [1.165, 1.54) is 0 Å². The van der Waals surface area contributed by atoms with Gasteiger partial charge in [0.15, 0.2) is 0 Å². The molecule has 1 amide bonds. The van der Waals surface area contributed by atoms with Crippen LogP contribution in [0.4, 0.5) is 5.69 Å². The summed E-state index contributed by atoms with van der Waals surface area (Å²) in [5, 5.41) is 6.95. The largest absolute Gasteiger partial charge is 0.497 e. The molecule has 1 aliphatic heterocycles. The van der Waals surface area contributed by atoms with Gasteiger partial charge in [-0.05, 0) is 19.1 Å². The zero-order valence-electron chi connectivity index (χ0n) is 14.7. The number of nitrogens with zero attached hydrogens (tertiary/aromatic N) is 3. The molecule has 1 fully saturated rings. The van der Waals surface area contributed by atoms with Crippen LogP contribution in [0.2, 0.25) is 0 Å². The molecule has 0 unspecified atom stereocenters. The summed E-state index contributed by atoms with van der Waals surface area (Å²) in [4.78, 5) is 16.7. The molecule has 0 radical (unpaired) electrons. The molecule has 1 aromatic carbocycles. The van der Waals surface area contributed by atoms with Crippen molar-refractivity contribution in [3.05, 3.63) is 41.8 Å². The summed E-state index contributed by atoms with van der Waals surface area (Å²) >= 11 is 0. The van der Waals surface area contributed by atoms with Crippen molar-refractivity contribution in [2.24, 2.45) is 0 Å². The molecule has 1 aromatic heterocycles. The van der Waals surface area contributed by atoms with Crippen LogP contribution in [0.15, 0.2) is 34.9 Å². The molecule has 25 heavy (non-hydrogen) atoms. The molecule has 3 rings (SSSR count). The number of carbonyl (C=O) groups is 1. The average Bonchev–Trinajstić information content (AvgIpc) is 3.01. The Bertz CT molecular complexity index is 708. The third-order valence-corrected chi connectivity index (χ3v) is 4.25. The Labute approximate surface area is 147 Å². The molecule has 0 aliphatic carbocycles. The van der Waals surface area contributed by atoms with Gasteiger partial charge in [0.05, 0.1) is 19.3 Å². The fraction of sp³-hybridized carbons (Fsp3) is 0.444. The molecule has 0 atom stereocenters. The molecule has 7 nitrogen and oxygen atoms in total. The number of hydrogen-bond acceptors (Lipinski definition) is 6.